The van der Waals surface area contributed by atoms with Gasteiger partial charge in [-0.3, -0.25) is 14.7 Å². The largest absolute Gasteiger partial charge is 0.416 e. The quantitative estimate of drug-likeness (QED) is 0.686. The highest BCUT2D eigenvalue weighted by molar-refractivity contribution is 5.82. The Hall–Kier alpha value is -2.92. The molecule has 0 unspecified atom stereocenters. The van der Waals surface area contributed by atoms with Crippen molar-refractivity contribution in [2.75, 3.05) is 68.8 Å². The van der Waals surface area contributed by atoms with E-state index in [1.807, 2.05) is 0 Å². The number of halogens is 3. The minimum atomic E-state index is -4.42. The Labute approximate surface area is 202 Å². The number of carbonyl (C=O) groups excluding carboxylic acids is 1. The summed E-state index contributed by atoms with van der Waals surface area (Å²) in [6, 6.07) is 3.70. The van der Waals surface area contributed by atoms with Crippen LogP contribution in [-0.4, -0.2) is 85.8 Å². The van der Waals surface area contributed by atoms with Crippen LogP contribution in [0.5, 0.6) is 0 Å². The second-order valence-corrected chi connectivity index (χ2v) is 9.17. The summed E-state index contributed by atoms with van der Waals surface area (Å²) in [5, 5.41) is 3.05. The van der Waals surface area contributed by atoms with Crippen molar-refractivity contribution >= 4 is 17.4 Å². The first-order chi connectivity index (χ1) is 16.9. The Morgan fingerprint density at radius 3 is 2.71 bits per heavy atom. The van der Waals surface area contributed by atoms with Gasteiger partial charge in [-0.15, -0.1) is 0 Å². The third kappa shape index (κ3) is 5.20. The van der Waals surface area contributed by atoms with Crippen LogP contribution in [0.2, 0.25) is 0 Å². The second kappa shape index (κ2) is 9.98. The van der Waals surface area contributed by atoms with E-state index in [0.29, 0.717) is 45.0 Å². The van der Waals surface area contributed by atoms with E-state index < -0.39 is 17.7 Å². The van der Waals surface area contributed by atoms with Crippen molar-refractivity contribution in [1.29, 1.82) is 0 Å². The molecule has 0 bridgehead atoms. The molecule has 0 saturated carbocycles. The number of hydrogen-bond donors (Lipinski definition) is 1. The number of morpholine rings is 1. The number of alkyl halides is 3. The fourth-order valence-electron chi connectivity index (χ4n) is 5.26. The molecule has 188 valence electrons. The molecule has 3 aliphatic heterocycles. The molecule has 11 heteroatoms. The van der Waals surface area contributed by atoms with Crippen molar-refractivity contribution in [2.24, 2.45) is 5.92 Å². The van der Waals surface area contributed by atoms with Gasteiger partial charge < -0.3 is 19.9 Å². The first kappa shape index (κ1) is 23.8. The van der Waals surface area contributed by atoms with E-state index in [2.05, 4.69) is 30.0 Å². The SMILES string of the molecule is O=C(NCCN1CCOCC1)[C@H]1Cc2cc(C(F)(F)F)ccc2N2CCN(c3cnccn3)C[C@@H]12. The summed E-state index contributed by atoms with van der Waals surface area (Å²) in [6.45, 7) is 6.00. The maximum absolute atomic E-state index is 13.4. The Bertz CT molecular complexity index is 1030. The van der Waals surface area contributed by atoms with E-state index in [9.17, 15) is 18.0 Å². The van der Waals surface area contributed by atoms with Crippen molar-refractivity contribution in [1.82, 2.24) is 20.2 Å². The second-order valence-electron chi connectivity index (χ2n) is 9.17. The predicted octanol–water partition coefficient (Wildman–Crippen LogP) is 1.81. The number of ether oxygens (including phenoxy) is 1. The van der Waals surface area contributed by atoms with Gasteiger partial charge in [-0.2, -0.15) is 13.2 Å². The number of rotatable bonds is 5. The van der Waals surface area contributed by atoms with Crippen molar-refractivity contribution < 1.29 is 22.7 Å². The van der Waals surface area contributed by atoms with Crippen LogP contribution in [0.4, 0.5) is 24.7 Å². The lowest BCUT2D eigenvalue weighted by Gasteiger charge is -2.49. The molecule has 1 amide bonds. The lowest BCUT2D eigenvalue weighted by molar-refractivity contribution is -0.137. The zero-order valence-electron chi connectivity index (χ0n) is 19.4. The molecule has 1 aromatic heterocycles. The molecule has 1 aromatic carbocycles. The van der Waals surface area contributed by atoms with Crippen LogP contribution in [0.15, 0.2) is 36.8 Å². The van der Waals surface area contributed by atoms with Crippen LogP contribution >= 0.6 is 0 Å². The Morgan fingerprint density at radius 1 is 1.14 bits per heavy atom. The highest BCUT2D eigenvalue weighted by Gasteiger charge is 2.43. The lowest BCUT2D eigenvalue weighted by atomic mass is 9.82. The minimum absolute atomic E-state index is 0.127. The van der Waals surface area contributed by atoms with E-state index >= 15 is 0 Å². The van der Waals surface area contributed by atoms with Gasteiger partial charge in [-0.1, -0.05) is 0 Å². The fourth-order valence-corrected chi connectivity index (χ4v) is 5.26. The van der Waals surface area contributed by atoms with Gasteiger partial charge in [0.1, 0.15) is 5.82 Å². The normalized spacial score (nSPS) is 22.9. The molecule has 2 atom stereocenters. The molecular formula is C24H29F3N6O2. The number of nitrogens with one attached hydrogen (secondary N) is 1. The van der Waals surface area contributed by atoms with Gasteiger partial charge in [0.15, 0.2) is 0 Å². The van der Waals surface area contributed by atoms with E-state index in [1.165, 1.54) is 6.07 Å². The maximum atomic E-state index is 13.4. The summed E-state index contributed by atoms with van der Waals surface area (Å²) in [5.74, 6) is 0.129. The molecule has 5 rings (SSSR count). The zero-order chi connectivity index (χ0) is 24.4. The van der Waals surface area contributed by atoms with Crippen LogP contribution in [0.25, 0.3) is 0 Å². The smallest absolute Gasteiger partial charge is 0.379 e. The average molecular weight is 491 g/mol. The Morgan fingerprint density at radius 2 is 1.97 bits per heavy atom. The topological polar surface area (TPSA) is 73.8 Å². The van der Waals surface area contributed by atoms with Gasteiger partial charge in [0.25, 0.3) is 0 Å². The lowest BCUT2D eigenvalue weighted by Crippen LogP contribution is -2.61. The number of amides is 1. The standard InChI is InChI=1S/C24H29F3N6O2/c25-24(26,27)18-1-2-20-17(13-18)14-19(23(34)30-5-6-31-9-11-35-12-10-31)21-16-32(7-8-33(20)21)22-15-28-3-4-29-22/h1-4,13,15,19,21H,5-12,14,16H2,(H,30,34)/t19-,21-/m0/s1. The molecule has 0 radical (unpaired) electrons. The molecule has 1 N–H and O–H groups in total. The van der Waals surface area contributed by atoms with Gasteiger partial charge in [0.05, 0.1) is 36.9 Å². The van der Waals surface area contributed by atoms with Crippen molar-refractivity contribution in [3.8, 4) is 0 Å². The Kier molecular flexibility index (Phi) is 6.79. The molecule has 0 aliphatic carbocycles. The monoisotopic (exact) mass is 490 g/mol. The highest BCUT2D eigenvalue weighted by Crippen LogP contribution is 2.40. The third-order valence-corrected chi connectivity index (χ3v) is 7.08. The number of anilines is 2. The molecule has 8 nitrogen and oxygen atoms in total. The number of fused-ring (bicyclic) bond motifs is 3. The van der Waals surface area contributed by atoms with Gasteiger partial charge in [-0.25, -0.2) is 4.98 Å². The van der Waals surface area contributed by atoms with E-state index in [0.717, 1.165) is 37.2 Å². The van der Waals surface area contributed by atoms with Gasteiger partial charge in [0, 0.05) is 63.9 Å². The minimum Gasteiger partial charge on any atom is -0.379 e. The van der Waals surface area contributed by atoms with Crippen molar-refractivity contribution in [3.05, 3.63) is 47.9 Å². The van der Waals surface area contributed by atoms with Crippen LogP contribution in [0, 0.1) is 5.92 Å². The van der Waals surface area contributed by atoms with Crippen LogP contribution in [-0.2, 0) is 22.1 Å². The maximum Gasteiger partial charge on any atom is 0.416 e. The molecule has 2 fully saturated rings. The number of aromatic nitrogens is 2. The number of carbonyl (C=O) groups is 1. The number of piperazine rings is 1. The van der Waals surface area contributed by atoms with E-state index in [4.69, 9.17) is 4.74 Å². The molecule has 35 heavy (non-hydrogen) atoms. The third-order valence-electron chi connectivity index (χ3n) is 7.08. The molecule has 3 aliphatic rings. The number of hydrogen-bond acceptors (Lipinski definition) is 7. The van der Waals surface area contributed by atoms with Crippen molar-refractivity contribution in [2.45, 2.75) is 18.6 Å². The summed E-state index contributed by atoms with van der Waals surface area (Å²) in [4.78, 5) is 28.4. The summed E-state index contributed by atoms with van der Waals surface area (Å²) < 4.78 is 45.6. The van der Waals surface area contributed by atoms with E-state index in [1.54, 1.807) is 24.7 Å². The van der Waals surface area contributed by atoms with Crippen LogP contribution in [0.3, 0.4) is 0 Å². The molecular weight excluding hydrogens is 461 g/mol. The average Bonchev–Trinajstić information content (AvgIpc) is 2.88. The number of benzene rings is 1. The van der Waals surface area contributed by atoms with Crippen molar-refractivity contribution in [3.63, 3.8) is 0 Å². The van der Waals surface area contributed by atoms with Crippen LogP contribution in [0.1, 0.15) is 11.1 Å². The molecule has 2 saturated heterocycles. The predicted molar refractivity (Wildman–Crippen MR) is 124 cm³/mol. The summed E-state index contributed by atoms with van der Waals surface area (Å²) in [5.41, 5.74) is 0.663. The first-order valence-corrected chi connectivity index (χ1v) is 12.0. The molecule has 0 spiro atoms. The number of nitrogens with zero attached hydrogens (tertiary/aromatic N) is 5. The highest BCUT2D eigenvalue weighted by atomic mass is 19.4. The summed E-state index contributed by atoms with van der Waals surface area (Å²) in [6.07, 6.45) is 0.774. The summed E-state index contributed by atoms with van der Waals surface area (Å²) in [7, 11) is 0. The first-order valence-electron chi connectivity index (χ1n) is 12.0. The van der Waals surface area contributed by atoms with Gasteiger partial charge >= 0.3 is 6.18 Å². The fraction of sp³-hybridized carbons (Fsp3) is 0.542. The Balaban J connectivity index is 1.36. The zero-order valence-corrected chi connectivity index (χ0v) is 19.4. The molecule has 4 heterocycles. The van der Waals surface area contributed by atoms with Gasteiger partial charge in [0.2, 0.25) is 5.91 Å². The van der Waals surface area contributed by atoms with Crippen LogP contribution < -0.4 is 15.1 Å². The van der Waals surface area contributed by atoms with Gasteiger partial charge in [-0.05, 0) is 30.2 Å². The van der Waals surface area contributed by atoms with E-state index in [-0.39, 0.29) is 18.4 Å². The molecule has 2 aromatic rings. The summed E-state index contributed by atoms with van der Waals surface area (Å²) >= 11 is 0.